The molecule has 0 radical (unpaired) electrons. The Labute approximate surface area is 201 Å². The molecule has 0 saturated heterocycles. The lowest BCUT2D eigenvalue weighted by Gasteiger charge is -2.25. The van der Waals surface area contributed by atoms with Gasteiger partial charge in [0.25, 0.3) is 0 Å². The summed E-state index contributed by atoms with van der Waals surface area (Å²) in [5, 5.41) is 11.7. The van der Waals surface area contributed by atoms with Gasteiger partial charge in [0.2, 0.25) is 0 Å². The number of nitrogens with zero attached hydrogens (tertiary/aromatic N) is 3. The lowest BCUT2D eigenvalue weighted by atomic mass is 9.92. The van der Waals surface area contributed by atoms with E-state index in [2.05, 4.69) is 91.8 Å². The van der Waals surface area contributed by atoms with Crippen LogP contribution in [0.4, 0.5) is 11.4 Å². The molecule has 2 rings (SSSR count). The lowest BCUT2D eigenvalue weighted by molar-refractivity contribution is 0.230. The zero-order valence-corrected chi connectivity index (χ0v) is 22.3. The first kappa shape index (κ1) is 26.6. The number of allylic oxidation sites excluding steroid dienone is 1. The molecule has 180 valence electrons. The quantitative estimate of drug-likeness (QED) is 0.206. The van der Waals surface area contributed by atoms with E-state index >= 15 is 0 Å². The Bertz CT molecular complexity index is 918. The van der Waals surface area contributed by atoms with Gasteiger partial charge in [0, 0.05) is 0 Å². The van der Waals surface area contributed by atoms with Gasteiger partial charge in [-0.2, -0.15) is 0 Å². The standard InChI is InChI=1S/C29H43N3O/c1-11-33-23(10)18-32(29-26(21(6)7)16-13-17-27(29)22(8)9)31-30-28-24(19(2)3)14-12-15-25(28)20(4)5/h12-22H,11H2,1-10H3/b23-18+,31-30+. The van der Waals surface area contributed by atoms with Gasteiger partial charge in [0.1, 0.15) is 5.76 Å². The minimum Gasteiger partial charge on any atom is -0.497 e. The molecular weight excluding hydrogens is 406 g/mol. The highest BCUT2D eigenvalue weighted by Crippen LogP contribution is 2.38. The minimum absolute atomic E-state index is 0.353. The Morgan fingerprint density at radius 2 is 1.21 bits per heavy atom. The van der Waals surface area contributed by atoms with E-state index in [-0.39, 0.29) is 0 Å². The maximum atomic E-state index is 5.79. The summed E-state index contributed by atoms with van der Waals surface area (Å²) in [6.45, 7) is 22.3. The maximum Gasteiger partial charge on any atom is 0.111 e. The third kappa shape index (κ3) is 6.69. The Morgan fingerprint density at radius 3 is 1.61 bits per heavy atom. The average molecular weight is 450 g/mol. The number of benzene rings is 2. The summed E-state index contributed by atoms with van der Waals surface area (Å²) >= 11 is 0. The summed E-state index contributed by atoms with van der Waals surface area (Å²) < 4.78 is 5.79. The van der Waals surface area contributed by atoms with Crippen LogP contribution in [0.3, 0.4) is 0 Å². The summed E-state index contributed by atoms with van der Waals surface area (Å²) in [5.74, 6) is 2.24. The lowest BCUT2D eigenvalue weighted by Crippen LogP contribution is -2.15. The molecule has 0 N–H and O–H groups in total. The molecule has 0 aliphatic rings. The Morgan fingerprint density at radius 1 is 0.788 bits per heavy atom. The highest BCUT2D eigenvalue weighted by molar-refractivity contribution is 5.63. The van der Waals surface area contributed by atoms with Crippen molar-refractivity contribution in [2.24, 2.45) is 10.3 Å². The molecular formula is C29H43N3O. The van der Waals surface area contributed by atoms with Crippen LogP contribution in [0.1, 0.15) is 115 Å². The zero-order valence-electron chi connectivity index (χ0n) is 22.3. The molecule has 0 bridgehead atoms. The van der Waals surface area contributed by atoms with Gasteiger partial charge in [0.05, 0.1) is 24.2 Å². The van der Waals surface area contributed by atoms with Crippen LogP contribution in [0.2, 0.25) is 0 Å². The molecule has 0 spiro atoms. The molecule has 0 atom stereocenters. The molecule has 2 aromatic carbocycles. The van der Waals surface area contributed by atoms with Crippen molar-refractivity contribution in [2.45, 2.75) is 92.9 Å². The molecule has 0 unspecified atom stereocenters. The number of hydrogen-bond donors (Lipinski definition) is 0. The summed E-state index contributed by atoms with van der Waals surface area (Å²) in [5.41, 5.74) is 7.01. The van der Waals surface area contributed by atoms with E-state index in [0.717, 1.165) is 17.1 Å². The number of para-hydroxylation sites is 1. The van der Waals surface area contributed by atoms with Gasteiger partial charge in [-0.3, -0.25) is 0 Å². The second kappa shape index (κ2) is 12.0. The third-order valence-corrected chi connectivity index (χ3v) is 5.83. The third-order valence-electron chi connectivity index (χ3n) is 5.83. The first-order valence-electron chi connectivity index (χ1n) is 12.4. The molecule has 0 aromatic heterocycles. The first-order valence-corrected chi connectivity index (χ1v) is 12.4. The molecule has 33 heavy (non-hydrogen) atoms. The Balaban J connectivity index is 2.77. The number of hydrogen-bond acceptors (Lipinski definition) is 3. The van der Waals surface area contributed by atoms with E-state index in [0.29, 0.717) is 30.3 Å². The van der Waals surface area contributed by atoms with Crippen LogP contribution in [-0.4, -0.2) is 6.61 Å². The van der Waals surface area contributed by atoms with Crippen molar-refractivity contribution in [1.82, 2.24) is 0 Å². The molecule has 4 heteroatoms. The molecule has 0 saturated carbocycles. The van der Waals surface area contributed by atoms with Crippen molar-refractivity contribution >= 4 is 11.4 Å². The van der Waals surface area contributed by atoms with E-state index in [9.17, 15) is 0 Å². The largest absolute Gasteiger partial charge is 0.497 e. The molecule has 2 aromatic rings. The fraction of sp³-hybridized carbons (Fsp3) is 0.517. The van der Waals surface area contributed by atoms with E-state index < -0.39 is 0 Å². The van der Waals surface area contributed by atoms with Gasteiger partial charge < -0.3 is 4.74 Å². The van der Waals surface area contributed by atoms with Crippen LogP contribution in [-0.2, 0) is 4.74 Å². The van der Waals surface area contributed by atoms with E-state index in [4.69, 9.17) is 15.1 Å². The minimum atomic E-state index is 0.353. The van der Waals surface area contributed by atoms with Gasteiger partial charge in [0.15, 0.2) is 0 Å². The SMILES string of the molecule is CCO/C(C)=C/N(/N=N/c1c(C(C)C)cccc1C(C)C)c1c(C(C)C)cccc1C(C)C. The van der Waals surface area contributed by atoms with Gasteiger partial charge in [-0.15, -0.1) is 5.11 Å². The number of ether oxygens (including phenoxy) is 1. The second-order valence-corrected chi connectivity index (χ2v) is 9.90. The smallest absolute Gasteiger partial charge is 0.111 e. The van der Waals surface area contributed by atoms with Crippen LogP contribution in [0, 0.1) is 0 Å². The van der Waals surface area contributed by atoms with Gasteiger partial charge >= 0.3 is 0 Å². The second-order valence-electron chi connectivity index (χ2n) is 9.90. The van der Waals surface area contributed by atoms with Crippen LogP contribution in [0.15, 0.2) is 58.7 Å². The summed E-state index contributed by atoms with van der Waals surface area (Å²) in [4.78, 5) is 0. The van der Waals surface area contributed by atoms with Gasteiger partial charge in [-0.05, 0) is 59.8 Å². The van der Waals surface area contributed by atoms with Crippen molar-refractivity contribution in [2.75, 3.05) is 11.6 Å². The van der Waals surface area contributed by atoms with E-state index in [1.165, 1.54) is 22.3 Å². The number of rotatable bonds is 10. The van der Waals surface area contributed by atoms with Crippen LogP contribution in [0.25, 0.3) is 0 Å². The predicted octanol–water partition coefficient (Wildman–Crippen LogP) is 9.58. The monoisotopic (exact) mass is 449 g/mol. The zero-order chi connectivity index (χ0) is 24.7. The molecule has 0 aliphatic carbocycles. The fourth-order valence-corrected chi connectivity index (χ4v) is 4.07. The molecule has 4 nitrogen and oxygen atoms in total. The van der Waals surface area contributed by atoms with E-state index in [1.807, 2.05) is 25.1 Å². The molecule has 0 aliphatic heterocycles. The Hall–Kier alpha value is -2.62. The van der Waals surface area contributed by atoms with Crippen LogP contribution < -0.4 is 5.01 Å². The average Bonchev–Trinajstić information content (AvgIpc) is 2.75. The van der Waals surface area contributed by atoms with Crippen molar-refractivity contribution in [3.8, 4) is 0 Å². The molecule has 0 heterocycles. The van der Waals surface area contributed by atoms with Gasteiger partial charge in [-0.1, -0.05) is 97.0 Å². The van der Waals surface area contributed by atoms with Crippen LogP contribution >= 0.6 is 0 Å². The predicted molar refractivity (Wildman–Crippen MR) is 142 cm³/mol. The summed E-state index contributed by atoms with van der Waals surface area (Å²) in [7, 11) is 0. The Kier molecular flexibility index (Phi) is 9.70. The van der Waals surface area contributed by atoms with Crippen molar-refractivity contribution in [3.05, 3.63) is 70.6 Å². The first-order chi connectivity index (χ1) is 15.6. The fourth-order valence-electron chi connectivity index (χ4n) is 4.07. The summed E-state index contributed by atoms with van der Waals surface area (Å²) in [6, 6.07) is 13.0. The van der Waals surface area contributed by atoms with Crippen LogP contribution in [0.5, 0.6) is 0 Å². The highest BCUT2D eigenvalue weighted by Gasteiger charge is 2.20. The van der Waals surface area contributed by atoms with Crippen molar-refractivity contribution in [1.29, 1.82) is 0 Å². The van der Waals surface area contributed by atoms with E-state index in [1.54, 1.807) is 0 Å². The topological polar surface area (TPSA) is 37.2 Å². The molecule has 0 amide bonds. The maximum absolute atomic E-state index is 5.79. The van der Waals surface area contributed by atoms with Crippen molar-refractivity contribution in [3.63, 3.8) is 0 Å². The summed E-state index contributed by atoms with van der Waals surface area (Å²) in [6.07, 6.45) is 1.97. The molecule has 0 fully saturated rings. The van der Waals surface area contributed by atoms with Crippen molar-refractivity contribution < 1.29 is 4.74 Å². The normalized spacial score (nSPS) is 12.6. The van der Waals surface area contributed by atoms with Gasteiger partial charge in [-0.25, -0.2) is 5.01 Å². The number of anilines is 1. The highest BCUT2D eigenvalue weighted by atomic mass is 16.5.